The highest BCUT2D eigenvalue weighted by molar-refractivity contribution is 4.83. The van der Waals surface area contributed by atoms with Crippen LogP contribution in [0.3, 0.4) is 0 Å². The van der Waals surface area contributed by atoms with Crippen LogP contribution in [0.5, 0.6) is 0 Å². The maximum atomic E-state index is 9.67. The minimum atomic E-state index is -0.136. The van der Waals surface area contributed by atoms with Gasteiger partial charge in [-0.3, -0.25) is 0 Å². The minimum absolute atomic E-state index is 0.136. The number of nitrogens with one attached hydrogen (secondary N) is 2. The van der Waals surface area contributed by atoms with E-state index >= 15 is 0 Å². The second-order valence-electron chi connectivity index (χ2n) is 5.08. The molecule has 3 nitrogen and oxygen atoms in total. The Hall–Kier alpha value is -0.120. The molecule has 0 bridgehead atoms. The maximum Gasteiger partial charge on any atom is 0.0716 e. The standard InChI is InChI=1S/C12H24N2O/c15-12-9-13-7-10(12)8-14-11-5-3-1-2-4-6-11/h10-15H,1-9H2. The molecule has 3 heteroatoms. The van der Waals surface area contributed by atoms with E-state index in [-0.39, 0.29) is 6.10 Å². The molecule has 1 saturated carbocycles. The van der Waals surface area contributed by atoms with Crippen LogP contribution < -0.4 is 10.6 Å². The molecule has 2 unspecified atom stereocenters. The lowest BCUT2D eigenvalue weighted by molar-refractivity contribution is 0.144. The van der Waals surface area contributed by atoms with Crippen molar-refractivity contribution in [3.63, 3.8) is 0 Å². The Balaban J connectivity index is 1.67. The zero-order valence-corrected chi connectivity index (χ0v) is 9.54. The fourth-order valence-corrected chi connectivity index (χ4v) is 2.73. The van der Waals surface area contributed by atoms with Crippen molar-refractivity contribution in [2.75, 3.05) is 19.6 Å². The quantitative estimate of drug-likeness (QED) is 0.609. The number of β-amino-alcohol motifs (C(OH)–C–C–N with tert-alkyl or cyclic N) is 1. The first kappa shape index (κ1) is 11.4. The first-order valence-corrected chi connectivity index (χ1v) is 6.48. The fraction of sp³-hybridized carbons (Fsp3) is 1.00. The van der Waals surface area contributed by atoms with Gasteiger partial charge in [0.25, 0.3) is 0 Å². The Bertz CT molecular complexity index is 178. The Morgan fingerprint density at radius 2 is 1.80 bits per heavy atom. The van der Waals surface area contributed by atoms with Crippen LogP contribution in [0.4, 0.5) is 0 Å². The highest BCUT2D eigenvalue weighted by Crippen LogP contribution is 2.18. The number of aliphatic hydroxyl groups excluding tert-OH is 1. The fourth-order valence-electron chi connectivity index (χ4n) is 2.73. The zero-order valence-electron chi connectivity index (χ0n) is 9.54. The van der Waals surface area contributed by atoms with Gasteiger partial charge >= 0.3 is 0 Å². The predicted molar refractivity (Wildman–Crippen MR) is 61.9 cm³/mol. The molecule has 0 spiro atoms. The lowest BCUT2D eigenvalue weighted by Crippen LogP contribution is -2.36. The van der Waals surface area contributed by atoms with E-state index in [0.29, 0.717) is 12.0 Å². The smallest absolute Gasteiger partial charge is 0.0716 e. The van der Waals surface area contributed by atoms with Crippen molar-refractivity contribution in [2.45, 2.75) is 50.7 Å². The molecule has 88 valence electrons. The Morgan fingerprint density at radius 3 is 2.40 bits per heavy atom. The monoisotopic (exact) mass is 212 g/mol. The van der Waals surface area contributed by atoms with Gasteiger partial charge in [0.1, 0.15) is 0 Å². The largest absolute Gasteiger partial charge is 0.391 e. The van der Waals surface area contributed by atoms with Crippen molar-refractivity contribution in [1.29, 1.82) is 0 Å². The summed E-state index contributed by atoms with van der Waals surface area (Å²) in [7, 11) is 0. The van der Waals surface area contributed by atoms with Crippen molar-refractivity contribution in [3.05, 3.63) is 0 Å². The summed E-state index contributed by atoms with van der Waals surface area (Å²) in [6.07, 6.45) is 8.10. The van der Waals surface area contributed by atoms with Gasteiger partial charge in [-0.15, -0.1) is 0 Å². The third-order valence-electron chi connectivity index (χ3n) is 3.83. The lowest BCUT2D eigenvalue weighted by Gasteiger charge is -2.20. The van der Waals surface area contributed by atoms with Crippen LogP contribution in [0.1, 0.15) is 38.5 Å². The first-order valence-electron chi connectivity index (χ1n) is 6.48. The number of aliphatic hydroxyl groups is 1. The van der Waals surface area contributed by atoms with Crippen LogP contribution >= 0.6 is 0 Å². The minimum Gasteiger partial charge on any atom is -0.391 e. The van der Waals surface area contributed by atoms with E-state index in [9.17, 15) is 5.11 Å². The van der Waals surface area contributed by atoms with E-state index in [2.05, 4.69) is 10.6 Å². The molecule has 15 heavy (non-hydrogen) atoms. The molecule has 0 amide bonds. The molecular weight excluding hydrogens is 188 g/mol. The molecule has 2 aliphatic rings. The summed E-state index contributed by atoms with van der Waals surface area (Å²) < 4.78 is 0. The van der Waals surface area contributed by atoms with Crippen molar-refractivity contribution in [1.82, 2.24) is 10.6 Å². The summed E-state index contributed by atoms with van der Waals surface area (Å²) in [6.45, 7) is 2.73. The summed E-state index contributed by atoms with van der Waals surface area (Å²) in [4.78, 5) is 0. The molecule has 0 radical (unpaired) electrons. The van der Waals surface area contributed by atoms with Gasteiger partial charge < -0.3 is 15.7 Å². The SMILES string of the molecule is OC1CNCC1CNC1CCCCCC1. The van der Waals surface area contributed by atoms with Crippen LogP contribution in [0.15, 0.2) is 0 Å². The van der Waals surface area contributed by atoms with Gasteiger partial charge in [0, 0.05) is 31.6 Å². The maximum absolute atomic E-state index is 9.67. The molecular formula is C12H24N2O. The molecule has 2 rings (SSSR count). The third kappa shape index (κ3) is 3.44. The van der Waals surface area contributed by atoms with Crippen LogP contribution in [0.25, 0.3) is 0 Å². The predicted octanol–water partition coefficient (Wildman–Crippen LogP) is 0.879. The molecule has 1 saturated heterocycles. The summed E-state index contributed by atoms with van der Waals surface area (Å²) in [5, 5.41) is 16.5. The zero-order chi connectivity index (χ0) is 10.5. The van der Waals surface area contributed by atoms with E-state index in [1.54, 1.807) is 0 Å². The number of hydrogen-bond acceptors (Lipinski definition) is 3. The van der Waals surface area contributed by atoms with Gasteiger partial charge in [-0.25, -0.2) is 0 Å². The molecule has 2 fully saturated rings. The third-order valence-corrected chi connectivity index (χ3v) is 3.83. The van der Waals surface area contributed by atoms with E-state index in [4.69, 9.17) is 0 Å². The number of rotatable bonds is 3. The van der Waals surface area contributed by atoms with Gasteiger partial charge in [0.2, 0.25) is 0 Å². The number of hydrogen-bond donors (Lipinski definition) is 3. The van der Waals surface area contributed by atoms with Gasteiger partial charge in [0.15, 0.2) is 0 Å². The molecule has 1 aliphatic carbocycles. The molecule has 2 atom stereocenters. The molecule has 0 aromatic carbocycles. The van der Waals surface area contributed by atoms with Crippen molar-refractivity contribution < 1.29 is 5.11 Å². The summed E-state index contributed by atoms with van der Waals surface area (Å²) in [6, 6.07) is 0.709. The van der Waals surface area contributed by atoms with Crippen LogP contribution in [-0.4, -0.2) is 36.9 Å². The van der Waals surface area contributed by atoms with Crippen LogP contribution in [0, 0.1) is 5.92 Å². The van der Waals surface area contributed by atoms with E-state index < -0.39 is 0 Å². The highest BCUT2D eigenvalue weighted by Gasteiger charge is 2.25. The van der Waals surface area contributed by atoms with Crippen molar-refractivity contribution >= 4 is 0 Å². The summed E-state index contributed by atoms with van der Waals surface area (Å²) in [5.74, 6) is 0.424. The molecule has 0 aromatic heterocycles. The highest BCUT2D eigenvalue weighted by atomic mass is 16.3. The average molecular weight is 212 g/mol. The molecule has 3 N–H and O–H groups in total. The topological polar surface area (TPSA) is 44.3 Å². The lowest BCUT2D eigenvalue weighted by atomic mass is 10.0. The van der Waals surface area contributed by atoms with E-state index in [1.807, 2.05) is 0 Å². The van der Waals surface area contributed by atoms with Gasteiger partial charge in [0.05, 0.1) is 6.10 Å². The van der Waals surface area contributed by atoms with Gasteiger partial charge in [-0.05, 0) is 12.8 Å². The van der Waals surface area contributed by atoms with E-state index in [0.717, 1.165) is 19.6 Å². The normalized spacial score (nSPS) is 34.2. The van der Waals surface area contributed by atoms with Crippen molar-refractivity contribution in [3.8, 4) is 0 Å². The van der Waals surface area contributed by atoms with Crippen molar-refractivity contribution in [2.24, 2.45) is 5.92 Å². The average Bonchev–Trinajstić information content (AvgIpc) is 2.53. The molecule has 0 aromatic rings. The molecule has 1 aliphatic heterocycles. The molecule has 1 heterocycles. The van der Waals surface area contributed by atoms with Gasteiger partial charge in [-0.1, -0.05) is 25.7 Å². The second-order valence-corrected chi connectivity index (χ2v) is 5.08. The first-order chi connectivity index (χ1) is 7.36. The summed E-state index contributed by atoms with van der Waals surface area (Å²) in [5.41, 5.74) is 0. The Labute approximate surface area is 92.6 Å². The Kier molecular flexibility index (Phi) is 4.42. The van der Waals surface area contributed by atoms with Crippen LogP contribution in [-0.2, 0) is 0 Å². The second kappa shape index (κ2) is 5.83. The Morgan fingerprint density at radius 1 is 1.07 bits per heavy atom. The van der Waals surface area contributed by atoms with Gasteiger partial charge in [-0.2, -0.15) is 0 Å². The van der Waals surface area contributed by atoms with E-state index in [1.165, 1.54) is 38.5 Å². The summed E-state index contributed by atoms with van der Waals surface area (Å²) >= 11 is 0. The van der Waals surface area contributed by atoms with Crippen LogP contribution in [0.2, 0.25) is 0 Å².